The third kappa shape index (κ3) is 7.40. The molecule has 0 radical (unpaired) electrons. The predicted molar refractivity (Wildman–Crippen MR) is 151 cm³/mol. The van der Waals surface area contributed by atoms with Crippen molar-refractivity contribution in [1.82, 2.24) is 15.1 Å². The van der Waals surface area contributed by atoms with Gasteiger partial charge in [-0.2, -0.15) is 0 Å². The number of piperidine rings is 1. The normalized spacial score (nSPS) is 24.3. The van der Waals surface area contributed by atoms with Crippen molar-refractivity contribution in [1.29, 1.82) is 0 Å². The number of carboxylic acid groups (broad SMARTS) is 1. The zero-order valence-corrected chi connectivity index (χ0v) is 22.9. The van der Waals surface area contributed by atoms with Gasteiger partial charge in [0.1, 0.15) is 12.1 Å². The lowest BCUT2D eigenvalue weighted by molar-refractivity contribution is -0.145. The van der Waals surface area contributed by atoms with Crippen molar-refractivity contribution >= 4 is 12.1 Å². The molecule has 2 heterocycles. The van der Waals surface area contributed by atoms with Gasteiger partial charge in [-0.15, -0.1) is 0 Å². The Morgan fingerprint density at radius 1 is 0.897 bits per heavy atom. The molecule has 210 valence electrons. The molecule has 1 amide bonds. The van der Waals surface area contributed by atoms with E-state index in [1.807, 2.05) is 36.4 Å². The molecule has 3 aliphatic rings. The first-order chi connectivity index (χ1) is 19.1. The fourth-order valence-electron chi connectivity index (χ4n) is 7.00. The molecule has 1 saturated carbocycles. The SMILES string of the molecule is O=C(NCc1ccccc1)OC1CCN(C[C@H]2CN([C@@H](C(=O)O)C3CCCCC3)C[C@@H]2c2ccccc2)CC1. The molecular weight excluding hydrogens is 490 g/mol. The van der Waals surface area contributed by atoms with E-state index in [0.717, 1.165) is 76.8 Å². The number of rotatable bonds is 9. The van der Waals surface area contributed by atoms with Crippen LogP contribution >= 0.6 is 0 Å². The first kappa shape index (κ1) is 27.7. The second-order valence-corrected chi connectivity index (χ2v) is 11.7. The van der Waals surface area contributed by atoms with Crippen LogP contribution in [0, 0.1) is 11.8 Å². The van der Waals surface area contributed by atoms with Gasteiger partial charge in [0, 0.05) is 45.2 Å². The summed E-state index contributed by atoms with van der Waals surface area (Å²) in [6.07, 6.45) is 6.81. The van der Waals surface area contributed by atoms with Crippen LogP contribution in [-0.4, -0.2) is 71.8 Å². The molecule has 3 fully saturated rings. The van der Waals surface area contributed by atoms with Crippen LogP contribution in [0.4, 0.5) is 4.79 Å². The maximum Gasteiger partial charge on any atom is 0.407 e. The van der Waals surface area contributed by atoms with Gasteiger partial charge in [-0.3, -0.25) is 9.69 Å². The summed E-state index contributed by atoms with van der Waals surface area (Å²) in [7, 11) is 0. The Labute approximate surface area is 232 Å². The van der Waals surface area contributed by atoms with Gasteiger partial charge in [0.05, 0.1) is 0 Å². The molecule has 0 aromatic heterocycles. The van der Waals surface area contributed by atoms with E-state index in [4.69, 9.17) is 4.74 Å². The summed E-state index contributed by atoms with van der Waals surface area (Å²) >= 11 is 0. The van der Waals surface area contributed by atoms with Gasteiger partial charge < -0.3 is 20.1 Å². The summed E-state index contributed by atoms with van der Waals surface area (Å²) in [6, 6.07) is 20.1. The summed E-state index contributed by atoms with van der Waals surface area (Å²) in [5.74, 6) is 0.309. The average molecular weight is 534 g/mol. The number of likely N-dealkylation sites (tertiary alicyclic amines) is 2. The van der Waals surface area contributed by atoms with Crippen LogP contribution in [0.3, 0.4) is 0 Å². The quantitative estimate of drug-likeness (QED) is 0.465. The number of ether oxygens (including phenoxy) is 1. The Hall–Kier alpha value is -2.90. The second-order valence-electron chi connectivity index (χ2n) is 11.7. The van der Waals surface area contributed by atoms with Gasteiger partial charge in [-0.25, -0.2) is 4.79 Å². The molecule has 2 aromatic rings. The zero-order chi connectivity index (χ0) is 27.0. The number of amides is 1. The van der Waals surface area contributed by atoms with Gasteiger partial charge in [0.2, 0.25) is 0 Å². The molecule has 7 nitrogen and oxygen atoms in total. The number of hydrogen-bond donors (Lipinski definition) is 2. The number of nitrogens with zero attached hydrogens (tertiary/aromatic N) is 2. The fourth-order valence-corrected chi connectivity index (χ4v) is 7.00. The van der Waals surface area contributed by atoms with Crippen molar-refractivity contribution in [2.24, 2.45) is 11.8 Å². The number of benzene rings is 2. The smallest absolute Gasteiger partial charge is 0.407 e. The van der Waals surface area contributed by atoms with E-state index in [9.17, 15) is 14.7 Å². The van der Waals surface area contributed by atoms with Crippen LogP contribution < -0.4 is 5.32 Å². The number of alkyl carbamates (subject to hydrolysis) is 1. The van der Waals surface area contributed by atoms with Crippen LogP contribution in [0.25, 0.3) is 0 Å². The Morgan fingerprint density at radius 2 is 1.56 bits per heavy atom. The van der Waals surface area contributed by atoms with E-state index in [0.29, 0.717) is 18.4 Å². The maximum absolute atomic E-state index is 12.5. The number of carbonyl (C=O) groups is 2. The summed E-state index contributed by atoms with van der Waals surface area (Å²) in [5, 5.41) is 13.1. The molecular formula is C32H43N3O4. The maximum atomic E-state index is 12.5. The molecule has 0 bridgehead atoms. The van der Waals surface area contributed by atoms with E-state index in [1.165, 1.54) is 12.0 Å². The third-order valence-electron chi connectivity index (χ3n) is 9.02. The number of aliphatic carboxylic acids is 1. The van der Waals surface area contributed by atoms with Gasteiger partial charge in [0.15, 0.2) is 0 Å². The van der Waals surface area contributed by atoms with Gasteiger partial charge in [-0.1, -0.05) is 79.9 Å². The van der Waals surface area contributed by atoms with E-state index in [1.54, 1.807) is 0 Å². The highest BCUT2D eigenvalue weighted by Crippen LogP contribution is 2.38. The highest BCUT2D eigenvalue weighted by Gasteiger charge is 2.43. The molecule has 1 aliphatic carbocycles. The molecule has 2 aromatic carbocycles. The lowest BCUT2D eigenvalue weighted by Crippen LogP contribution is -2.46. The Bertz CT molecular complexity index is 1050. The molecule has 7 heteroatoms. The van der Waals surface area contributed by atoms with Crippen LogP contribution in [0.2, 0.25) is 0 Å². The number of carbonyl (C=O) groups excluding carboxylic acids is 1. The molecule has 39 heavy (non-hydrogen) atoms. The number of carboxylic acids is 1. The lowest BCUT2D eigenvalue weighted by Gasteiger charge is -2.35. The van der Waals surface area contributed by atoms with Gasteiger partial charge in [0.25, 0.3) is 0 Å². The van der Waals surface area contributed by atoms with Gasteiger partial charge >= 0.3 is 12.1 Å². The first-order valence-corrected chi connectivity index (χ1v) is 14.8. The van der Waals surface area contributed by atoms with Crippen LogP contribution in [0.5, 0.6) is 0 Å². The van der Waals surface area contributed by atoms with Crippen molar-refractivity contribution in [3.63, 3.8) is 0 Å². The lowest BCUT2D eigenvalue weighted by atomic mass is 9.83. The van der Waals surface area contributed by atoms with E-state index < -0.39 is 5.97 Å². The molecule has 3 atom stereocenters. The first-order valence-electron chi connectivity index (χ1n) is 14.8. The molecule has 0 spiro atoms. The Morgan fingerprint density at radius 3 is 2.23 bits per heavy atom. The number of nitrogens with one attached hydrogen (secondary N) is 1. The summed E-state index contributed by atoms with van der Waals surface area (Å²) in [6.45, 7) is 4.82. The minimum Gasteiger partial charge on any atom is -0.480 e. The highest BCUT2D eigenvalue weighted by molar-refractivity contribution is 5.74. The summed E-state index contributed by atoms with van der Waals surface area (Å²) < 4.78 is 5.71. The largest absolute Gasteiger partial charge is 0.480 e. The van der Waals surface area contributed by atoms with Crippen molar-refractivity contribution in [3.05, 3.63) is 71.8 Å². The van der Waals surface area contributed by atoms with Crippen molar-refractivity contribution in [2.45, 2.75) is 69.6 Å². The van der Waals surface area contributed by atoms with E-state index in [2.05, 4.69) is 39.4 Å². The molecule has 0 unspecified atom stereocenters. The molecule has 5 rings (SSSR count). The van der Waals surface area contributed by atoms with Gasteiger partial charge in [-0.05, 0) is 48.6 Å². The zero-order valence-electron chi connectivity index (χ0n) is 22.9. The Kier molecular flexibility index (Phi) is 9.53. The average Bonchev–Trinajstić information content (AvgIpc) is 3.37. The molecule has 2 N–H and O–H groups in total. The summed E-state index contributed by atoms with van der Waals surface area (Å²) in [5.41, 5.74) is 2.36. The number of hydrogen-bond acceptors (Lipinski definition) is 5. The van der Waals surface area contributed by atoms with Crippen LogP contribution in [-0.2, 0) is 16.1 Å². The monoisotopic (exact) mass is 533 g/mol. The van der Waals surface area contributed by atoms with Crippen LogP contribution in [0.1, 0.15) is 62.0 Å². The Balaban J connectivity index is 1.16. The standard InChI is InChI=1S/C32H43N3O4/c36-31(37)30(26-14-8-3-9-15-26)35-22-27(29(23-35)25-12-6-2-7-13-25)21-34-18-16-28(17-19-34)39-32(38)33-20-24-10-4-1-5-11-24/h1-2,4-7,10-13,26-30H,3,8-9,14-23H2,(H,33,38)(H,36,37)/t27-,29+,30+/m0/s1. The van der Waals surface area contributed by atoms with Crippen molar-refractivity contribution < 1.29 is 19.4 Å². The highest BCUT2D eigenvalue weighted by atomic mass is 16.6. The minimum atomic E-state index is -0.655. The topological polar surface area (TPSA) is 82.1 Å². The molecule has 2 saturated heterocycles. The minimum absolute atomic E-state index is 0.0651. The fraction of sp³-hybridized carbons (Fsp3) is 0.562. The van der Waals surface area contributed by atoms with Crippen molar-refractivity contribution in [3.8, 4) is 0 Å². The van der Waals surface area contributed by atoms with E-state index in [-0.39, 0.29) is 24.2 Å². The van der Waals surface area contributed by atoms with Crippen molar-refractivity contribution in [2.75, 3.05) is 32.7 Å². The predicted octanol–water partition coefficient (Wildman–Crippen LogP) is 5.13. The summed E-state index contributed by atoms with van der Waals surface area (Å²) in [4.78, 5) is 29.6. The second kappa shape index (κ2) is 13.4. The molecule has 2 aliphatic heterocycles. The third-order valence-corrected chi connectivity index (χ3v) is 9.02. The van der Waals surface area contributed by atoms with E-state index >= 15 is 0 Å². The van der Waals surface area contributed by atoms with Crippen LogP contribution in [0.15, 0.2) is 60.7 Å².